The van der Waals surface area contributed by atoms with Crippen molar-refractivity contribution in [1.82, 2.24) is 0 Å². The minimum absolute atomic E-state index is 0.0226. The van der Waals surface area contributed by atoms with Gasteiger partial charge in [-0.25, -0.2) is 17.6 Å². The van der Waals surface area contributed by atoms with Crippen molar-refractivity contribution in [2.45, 2.75) is 90.8 Å². The van der Waals surface area contributed by atoms with Crippen molar-refractivity contribution in [3.8, 4) is 22.3 Å². The molecule has 1 aliphatic rings. The first-order valence-electron chi connectivity index (χ1n) is 15.8. The Balaban J connectivity index is 1.37. The van der Waals surface area contributed by atoms with Gasteiger partial charge in [0.25, 0.3) is 0 Å². The summed E-state index contributed by atoms with van der Waals surface area (Å²) >= 11 is 0. The van der Waals surface area contributed by atoms with Gasteiger partial charge in [0.1, 0.15) is 0 Å². The van der Waals surface area contributed by atoms with Crippen molar-refractivity contribution in [3.05, 3.63) is 95.1 Å². The number of hydrogen-bond donors (Lipinski definition) is 0. The molecule has 0 N–H and O–H groups in total. The summed E-state index contributed by atoms with van der Waals surface area (Å²) in [6.07, 6.45) is 14.6. The lowest BCUT2D eigenvalue weighted by Crippen LogP contribution is -2.27. The molecule has 0 spiro atoms. The van der Waals surface area contributed by atoms with Crippen LogP contribution in [-0.2, 0) is 15.9 Å². The topological polar surface area (TPSA) is 18.5 Å². The van der Waals surface area contributed by atoms with Crippen LogP contribution in [0.25, 0.3) is 22.3 Å². The highest BCUT2D eigenvalue weighted by atomic mass is 19.2. The van der Waals surface area contributed by atoms with E-state index in [-0.39, 0.29) is 22.6 Å². The van der Waals surface area contributed by atoms with E-state index < -0.39 is 29.6 Å². The Hall–Kier alpha value is -2.96. The molecule has 4 rings (SSSR count). The van der Waals surface area contributed by atoms with Crippen molar-refractivity contribution >= 4 is 0 Å². The summed E-state index contributed by atoms with van der Waals surface area (Å²) in [6, 6.07) is 12.6. The first-order valence-corrected chi connectivity index (χ1v) is 15.8. The Labute approximate surface area is 254 Å². The molecule has 1 heterocycles. The molecule has 0 unspecified atom stereocenters. The SMILES string of the molecule is CC=CCCC1COC(c2ccc(-c3ccc(-c4ccc(CCCCCCCCCC)c(F)c4F)cc3)c(F)c2F)OC1. The van der Waals surface area contributed by atoms with Gasteiger partial charge in [0.05, 0.1) is 13.2 Å². The largest absolute Gasteiger partial charge is 0.348 e. The summed E-state index contributed by atoms with van der Waals surface area (Å²) in [6.45, 7) is 5.01. The Bertz CT molecular complexity index is 1330. The van der Waals surface area contributed by atoms with Gasteiger partial charge in [0, 0.05) is 22.6 Å². The van der Waals surface area contributed by atoms with Gasteiger partial charge in [-0.15, -0.1) is 0 Å². The first kappa shape index (κ1) is 32.9. The Morgan fingerprint density at radius 1 is 0.674 bits per heavy atom. The predicted octanol–water partition coefficient (Wildman–Crippen LogP) is 11.3. The Morgan fingerprint density at radius 2 is 1.23 bits per heavy atom. The quantitative estimate of drug-likeness (QED) is 0.0987. The van der Waals surface area contributed by atoms with Crippen LogP contribution in [0.2, 0.25) is 0 Å². The third-order valence-corrected chi connectivity index (χ3v) is 8.28. The fourth-order valence-electron chi connectivity index (χ4n) is 5.64. The van der Waals surface area contributed by atoms with Crippen molar-refractivity contribution in [3.63, 3.8) is 0 Å². The van der Waals surface area contributed by atoms with Gasteiger partial charge in [0.2, 0.25) is 0 Å². The van der Waals surface area contributed by atoms with Gasteiger partial charge < -0.3 is 9.47 Å². The number of allylic oxidation sites excluding steroid dienone is 2. The molecule has 0 aliphatic carbocycles. The molecule has 0 saturated carbocycles. The third kappa shape index (κ3) is 8.79. The van der Waals surface area contributed by atoms with E-state index in [2.05, 4.69) is 13.0 Å². The molecule has 0 atom stereocenters. The second-order valence-electron chi connectivity index (χ2n) is 11.5. The second kappa shape index (κ2) is 16.8. The smallest absolute Gasteiger partial charge is 0.186 e. The molecule has 0 bridgehead atoms. The monoisotopic (exact) mass is 596 g/mol. The predicted molar refractivity (Wildman–Crippen MR) is 166 cm³/mol. The normalized spacial score (nSPS) is 17.2. The molecular formula is C37H44F4O2. The molecule has 3 aromatic carbocycles. The van der Waals surface area contributed by atoms with Crippen molar-refractivity contribution in [2.24, 2.45) is 5.92 Å². The highest BCUT2D eigenvalue weighted by Gasteiger charge is 2.28. The second-order valence-corrected chi connectivity index (χ2v) is 11.5. The van der Waals surface area contributed by atoms with Gasteiger partial charge in [-0.1, -0.05) is 113 Å². The zero-order valence-corrected chi connectivity index (χ0v) is 25.4. The molecule has 0 radical (unpaired) electrons. The van der Waals surface area contributed by atoms with E-state index in [0.29, 0.717) is 36.3 Å². The third-order valence-electron chi connectivity index (χ3n) is 8.28. The number of hydrogen-bond acceptors (Lipinski definition) is 2. The average molecular weight is 597 g/mol. The van der Waals surface area contributed by atoms with Crippen LogP contribution in [-0.4, -0.2) is 13.2 Å². The zero-order valence-electron chi connectivity index (χ0n) is 25.4. The van der Waals surface area contributed by atoms with E-state index in [0.717, 1.165) is 32.1 Å². The van der Waals surface area contributed by atoms with Crippen LogP contribution in [0.3, 0.4) is 0 Å². The standard InChI is InChI=1S/C37H44F4O2/c1-3-5-7-8-9-10-11-13-15-29-20-21-30(34(39)33(29)38)27-16-18-28(19-17-27)31-22-23-32(36(41)35(31)40)37-42-24-26(25-43-37)14-12-6-4-2/h4,6,16-23,26,37H,3,5,7-15,24-25H2,1-2H3. The van der Waals surface area contributed by atoms with Crippen LogP contribution in [0.4, 0.5) is 17.6 Å². The minimum Gasteiger partial charge on any atom is -0.348 e. The Kier molecular flexibility index (Phi) is 12.8. The fourth-order valence-corrected chi connectivity index (χ4v) is 5.64. The first-order chi connectivity index (χ1) is 20.9. The number of halogens is 4. The lowest BCUT2D eigenvalue weighted by Gasteiger charge is -2.29. The molecule has 43 heavy (non-hydrogen) atoms. The molecule has 1 fully saturated rings. The van der Waals surface area contributed by atoms with Crippen LogP contribution < -0.4 is 0 Å². The number of aryl methyl sites for hydroxylation is 1. The highest BCUT2D eigenvalue weighted by molar-refractivity contribution is 5.71. The summed E-state index contributed by atoms with van der Waals surface area (Å²) in [5, 5.41) is 0. The van der Waals surface area contributed by atoms with Gasteiger partial charge in [-0.2, -0.15) is 0 Å². The summed E-state index contributed by atoms with van der Waals surface area (Å²) < 4.78 is 71.7. The van der Waals surface area contributed by atoms with Crippen LogP contribution in [0.1, 0.15) is 95.5 Å². The highest BCUT2D eigenvalue weighted by Crippen LogP contribution is 2.35. The van der Waals surface area contributed by atoms with E-state index >= 15 is 13.2 Å². The van der Waals surface area contributed by atoms with Crippen LogP contribution in [0.15, 0.2) is 60.7 Å². The molecule has 232 valence electrons. The molecule has 0 aromatic heterocycles. The number of ether oxygens (including phenoxy) is 2. The van der Waals surface area contributed by atoms with Crippen LogP contribution >= 0.6 is 0 Å². The van der Waals surface area contributed by atoms with Crippen molar-refractivity contribution < 1.29 is 27.0 Å². The lowest BCUT2D eigenvalue weighted by molar-refractivity contribution is -0.207. The average Bonchev–Trinajstić information content (AvgIpc) is 3.02. The van der Waals surface area contributed by atoms with Crippen LogP contribution in [0, 0.1) is 29.2 Å². The molecule has 0 amide bonds. The minimum atomic E-state index is -1.01. The molecule has 6 heteroatoms. The molecule has 2 nitrogen and oxygen atoms in total. The van der Waals surface area contributed by atoms with Crippen molar-refractivity contribution in [2.75, 3.05) is 13.2 Å². The van der Waals surface area contributed by atoms with Gasteiger partial charge in [0.15, 0.2) is 29.6 Å². The van der Waals surface area contributed by atoms with E-state index in [1.54, 1.807) is 36.4 Å². The maximum atomic E-state index is 15.2. The summed E-state index contributed by atoms with van der Waals surface area (Å²) in [4.78, 5) is 0. The van der Waals surface area contributed by atoms with E-state index in [9.17, 15) is 4.39 Å². The fraction of sp³-hybridized carbons (Fsp3) is 0.459. The maximum Gasteiger partial charge on any atom is 0.186 e. The van der Waals surface area contributed by atoms with E-state index in [1.165, 1.54) is 44.2 Å². The molecule has 1 saturated heterocycles. The number of benzene rings is 3. The van der Waals surface area contributed by atoms with Gasteiger partial charge in [-0.3, -0.25) is 0 Å². The van der Waals surface area contributed by atoms with E-state index in [4.69, 9.17) is 9.47 Å². The van der Waals surface area contributed by atoms with Crippen molar-refractivity contribution in [1.29, 1.82) is 0 Å². The van der Waals surface area contributed by atoms with Gasteiger partial charge in [-0.05, 0) is 49.3 Å². The lowest BCUT2D eigenvalue weighted by atomic mass is 9.96. The van der Waals surface area contributed by atoms with E-state index in [1.807, 2.05) is 13.0 Å². The molecule has 1 aliphatic heterocycles. The molecular weight excluding hydrogens is 552 g/mol. The zero-order chi connectivity index (χ0) is 30.6. The number of rotatable bonds is 15. The maximum absolute atomic E-state index is 15.2. The summed E-state index contributed by atoms with van der Waals surface area (Å²) in [5.74, 6) is -3.51. The Morgan fingerprint density at radius 3 is 1.84 bits per heavy atom. The summed E-state index contributed by atoms with van der Waals surface area (Å²) in [5.41, 5.74) is 1.50. The van der Waals surface area contributed by atoms with Crippen LogP contribution in [0.5, 0.6) is 0 Å². The number of unbranched alkanes of at least 4 members (excludes halogenated alkanes) is 7. The molecule has 3 aromatic rings. The van der Waals surface area contributed by atoms with Gasteiger partial charge >= 0.3 is 0 Å². The summed E-state index contributed by atoms with van der Waals surface area (Å²) in [7, 11) is 0.